The number of nitrogens with zero attached hydrogens (tertiary/aromatic N) is 1. The van der Waals surface area contributed by atoms with E-state index < -0.39 is 0 Å². The lowest BCUT2D eigenvalue weighted by atomic mass is 10.1. The molecule has 0 radical (unpaired) electrons. The highest BCUT2D eigenvalue weighted by atomic mass is 16.5. The number of allylic oxidation sites excluding steroid dienone is 1. The van der Waals surface area contributed by atoms with Crippen LogP contribution >= 0.6 is 0 Å². The van der Waals surface area contributed by atoms with Crippen LogP contribution in [0.2, 0.25) is 0 Å². The van der Waals surface area contributed by atoms with Gasteiger partial charge in [0.05, 0.1) is 13.2 Å². The van der Waals surface area contributed by atoms with Crippen molar-refractivity contribution in [1.29, 1.82) is 0 Å². The van der Waals surface area contributed by atoms with E-state index in [1.807, 2.05) is 31.2 Å². The van der Waals surface area contributed by atoms with E-state index in [9.17, 15) is 9.59 Å². The second-order valence-electron chi connectivity index (χ2n) is 5.24. The van der Waals surface area contributed by atoms with E-state index in [0.29, 0.717) is 13.0 Å². The van der Waals surface area contributed by atoms with Crippen LogP contribution in [-0.2, 0) is 9.59 Å². The molecular weight excluding hydrogens is 268 g/mol. The molecule has 1 fully saturated rings. The topological polar surface area (TPSA) is 58.6 Å². The molecule has 0 aromatic heterocycles. The van der Waals surface area contributed by atoms with Gasteiger partial charge in [0.15, 0.2) is 0 Å². The maximum Gasteiger partial charge on any atom is 0.244 e. The minimum atomic E-state index is -0.177. The number of hydrogen-bond acceptors (Lipinski definition) is 3. The highest BCUT2D eigenvalue weighted by Crippen LogP contribution is 2.19. The number of rotatable bonds is 4. The summed E-state index contributed by atoms with van der Waals surface area (Å²) in [5.74, 6) is 0.640. The number of nitrogens with one attached hydrogen (secondary N) is 1. The summed E-state index contributed by atoms with van der Waals surface area (Å²) in [7, 11) is 3.35. The second kappa shape index (κ2) is 6.43. The molecule has 1 heterocycles. The van der Waals surface area contributed by atoms with Crippen LogP contribution in [-0.4, -0.2) is 43.5 Å². The van der Waals surface area contributed by atoms with Gasteiger partial charge in [0, 0.05) is 26.1 Å². The summed E-state index contributed by atoms with van der Waals surface area (Å²) in [6.07, 6.45) is 1.92. The van der Waals surface area contributed by atoms with Crippen LogP contribution in [0.3, 0.4) is 0 Å². The maximum atomic E-state index is 12.0. The lowest BCUT2D eigenvalue weighted by Gasteiger charge is -2.11. The van der Waals surface area contributed by atoms with E-state index in [0.717, 1.165) is 16.9 Å². The van der Waals surface area contributed by atoms with E-state index in [1.165, 1.54) is 0 Å². The predicted molar refractivity (Wildman–Crippen MR) is 80.8 cm³/mol. The Hall–Kier alpha value is -2.30. The zero-order valence-electron chi connectivity index (χ0n) is 12.6. The number of amides is 2. The molecule has 1 unspecified atom stereocenters. The SMILES string of the molecule is COc1cccc(/C(C)=C/C(=O)NC2CC(=O)N(C)C2)c1. The minimum Gasteiger partial charge on any atom is -0.497 e. The summed E-state index contributed by atoms with van der Waals surface area (Å²) in [5.41, 5.74) is 1.79. The summed E-state index contributed by atoms with van der Waals surface area (Å²) in [6.45, 7) is 2.44. The number of hydrogen-bond donors (Lipinski definition) is 1. The Kier molecular flexibility index (Phi) is 4.62. The van der Waals surface area contributed by atoms with Crippen molar-refractivity contribution in [3.8, 4) is 5.75 Å². The van der Waals surface area contributed by atoms with Gasteiger partial charge in [-0.3, -0.25) is 9.59 Å². The molecular formula is C16H20N2O3. The summed E-state index contributed by atoms with van der Waals surface area (Å²) in [4.78, 5) is 25.1. The van der Waals surface area contributed by atoms with E-state index >= 15 is 0 Å². The fourth-order valence-corrected chi connectivity index (χ4v) is 2.35. The molecule has 0 spiro atoms. The average Bonchev–Trinajstić information content (AvgIpc) is 2.77. The van der Waals surface area contributed by atoms with Gasteiger partial charge in [0.1, 0.15) is 5.75 Å². The van der Waals surface area contributed by atoms with Crippen LogP contribution in [0.15, 0.2) is 30.3 Å². The molecule has 1 N–H and O–H groups in total. The van der Waals surface area contributed by atoms with Crippen LogP contribution < -0.4 is 10.1 Å². The molecule has 1 aromatic carbocycles. The van der Waals surface area contributed by atoms with Crippen molar-refractivity contribution in [3.05, 3.63) is 35.9 Å². The molecule has 0 bridgehead atoms. The summed E-state index contributed by atoms with van der Waals surface area (Å²) in [6, 6.07) is 7.44. The second-order valence-corrected chi connectivity index (χ2v) is 5.24. The fraction of sp³-hybridized carbons (Fsp3) is 0.375. The van der Waals surface area contributed by atoms with Crippen molar-refractivity contribution >= 4 is 17.4 Å². The fourth-order valence-electron chi connectivity index (χ4n) is 2.35. The molecule has 1 saturated heterocycles. The van der Waals surface area contributed by atoms with E-state index in [-0.39, 0.29) is 17.9 Å². The standard InChI is InChI=1S/C16H20N2O3/c1-11(12-5-4-6-14(8-12)21-3)7-15(19)17-13-9-16(20)18(2)10-13/h4-8,13H,9-10H2,1-3H3,(H,17,19)/b11-7+. The predicted octanol–water partition coefficient (Wildman–Crippen LogP) is 1.45. The van der Waals surface area contributed by atoms with Gasteiger partial charge < -0.3 is 15.0 Å². The highest BCUT2D eigenvalue weighted by Gasteiger charge is 2.27. The third kappa shape index (κ3) is 3.84. The number of methoxy groups -OCH3 is 1. The zero-order valence-corrected chi connectivity index (χ0v) is 12.6. The molecule has 1 aromatic rings. The third-order valence-electron chi connectivity index (χ3n) is 3.56. The van der Waals surface area contributed by atoms with Crippen molar-refractivity contribution in [2.45, 2.75) is 19.4 Å². The Balaban J connectivity index is 2.01. The third-order valence-corrected chi connectivity index (χ3v) is 3.56. The lowest BCUT2D eigenvalue weighted by molar-refractivity contribution is -0.126. The van der Waals surface area contributed by atoms with Gasteiger partial charge in [-0.1, -0.05) is 12.1 Å². The Bertz CT molecular complexity index is 581. The molecule has 112 valence electrons. The molecule has 5 nitrogen and oxygen atoms in total. The van der Waals surface area contributed by atoms with Crippen LogP contribution in [0, 0.1) is 0 Å². The van der Waals surface area contributed by atoms with Crippen LogP contribution in [0.25, 0.3) is 5.57 Å². The van der Waals surface area contributed by atoms with Gasteiger partial charge in [-0.15, -0.1) is 0 Å². The molecule has 1 aliphatic rings. The highest BCUT2D eigenvalue weighted by molar-refractivity contribution is 5.95. The van der Waals surface area contributed by atoms with E-state index in [1.54, 1.807) is 25.1 Å². The molecule has 5 heteroatoms. The normalized spacial score (nSPS) is 18.8. The number of benzene rings is 1. The van der Waals surface area contributed by atoms with Gasteiger partial charge in [-0.2, -0.15) is 0 Å². The maximum absolute atomic E-state index is 12.0. The zero-order chi connectivity index (χ0) is 15.4. The van der Waals surface area contributed by atoms with E-state index in [2.05, 4.69) is 5.32 Å². The monoisotopic (exact) mass is 288 g/mol. The van der Waals surface area contributed by atoms with Gasteiger partial charge in [-0.05, 0) is 30.2 Å². The number of likely N-dealkylation sites (tertiary alicyclic amines) is 1. The Morgan fingerprint density at radius 3 is 2.86 bits per heavy atom. The van der Waals surface area contributed by atoms with Crippen LogP contribution in [0.5, 0.6) is 5.75 Å². The molecule has 0 saturated carbocycles. The van der Waals surface area contributed by atoms with Crippen LogP contribution in [0.4, 0.5) is 0 Å². The average molecular weight is 288 g/mol. The molecule has 1 atom stereocenters. The molecule has 2 amide bonds. The number of likely N-dealkylation sites (N-methyl/N-ethyl adjacent to an activating group) is 1. The summed E-state index contributed by atoms with van der Waals surface area (Å²) < 4.78 is 5.17. The van der Waals surface area contributed by atoms with Crippen molar-refractivity contribution in [2.75, 3.05) is 20.7 Å². The summed E-state index contributed by atoms with van der Waals surface area (Å²) in [5, 5.41) is 2.86. The number of carbonyl (C=O) groups excluding carboxylic acids is 2. The number of ether oxygens (including phenoxy) is 1. The summed E-state index contributed by atoms with van der Waals surface area (Å²) >= 11 is 0. The first-order valence-electron chi connectivity index (χ1n) is 6.87. The van der Waals surface area contributed by atoms with Crippen LogP contribution in [0.1, 0.15) is 18.9 Å². The Morgan fingerprint density at radius 2 is 2.24 bits per heavy atom. The van der Waals surface area contributed by atoms with Gasteiger partial charge in [0.25, 0.3) is 0 Å². The molecule has 1 aliphatic heterocycles. The lowest BCUT2D eigenvalue weighted by Crippen LogP contribution is -2.35. The minimum absolute atomic E-state index is 0.0637. The molecule has 0 aliphatic carbocycles. The first-order chi connectivity index (χ1) is 9.99. The Labute approximate surface area is 124 Å². The first kappa shape index (κ1) is 15.1. The van der Waals surface area contributed by atoms with Gasteiger partial charge >= 0.3 is 0 Å². The molecule has 21 heavy (non-hydrogen) atoms. The largest absolute Gasteiger partial charge is 0.497 e. The van der Waals surface area contributed by atoms with Gasteiger partial charge in [-0.25, -0.2) is 0 Å². The van der Waals surface area contributed by atoms with Crippen molar-refractivity contribution in [2.24, 2.45) is 0 Å². The van der Waals surface area contributed by atoms with E-state index in [4.69, 9.17) is 4.74 Å². The van der Waals surface area contributed by atoms with Gasteiger partial charge in [0.2, 0.25) is 11.8 Å². The number of carbonyl (C=O) groups is 2. The quantitative estimate of drug-likeness (QED) is 0.853. The van der Waals surface area contributed by atoms with Crippen molar-refractivity contribution in [3.63, 3.8) is 0 Å². The smallest absolute Gasteiger partial charge is 0.244 e. The van der Waals surface area contributed by atoms with Crippen molar-refractivity contribution in [1.82, 2.24) is 10.2 Å². The first-order valence-corrected chi connectivity index (χ1v) is 6.87. The Morgan fingerprint density at radius 1 is 1.48 bits per heavy atom. The van der Waals surface area contributed by atoms with Crippen molar-refractivity contribution < 1.29 is 14.3 Å². The molecule has 2 rings (SSSR count).